The van der Waals surface area contributed by atoms with Crippen LogP contribution in [-0.2, 0) is 13.0 Å². The molecule has 2 aromatic carbocycles. The maximum Gasteiger partial charge on any atom is 0.267 e. The fourth-order valence-corrected chi connectivity index (χ4v) is 4.28. The number of nitrogens with one attached hydrogen (secondary N) is 1. The van der Waals surface area contributed by atoms with Gasteiger partial charge in [0, 0.05) is 17.5 Å². The highest BCUT2D eigenvalue weighted by Gasteiger charge is 2.17. The van der Waals surface area contributed by atoms with E-state index in [1.54, 1.807) is 18.4 Å². The number of ether oxygens (including phenoxy) is 1. The maximum absolute atomic E-state index is 12.9. The molecule has 142 valence electrons. The summed E-state index contributed by atoms with van der Waals surface area (Å²) in [6.45, 7) is 1.20. The average Bonchev–Trinajstić information content (AvgIpc) is 3.32. The Morgan fingerprint density at radius 2 is 1.86 bits per heavy atom. The highest BCUT2D eigenvalue weighted by Crippen LogP contribution is 2.28. The first-order valence-electron chi connectivity index (χ1n) is 9.27. The van der Waals surface area contributed by atoms with Gasteiger partial charge in [-0.2, -0.15) is 0 Å². The predicted molar refractivity (Wildman–Crippen MR) is 114 cm³/mol. The summed E-state index contributed by atoms with van der Waals surface area (Å²) < 4.78 is 7.57. The van der Waals surface area contributed by atoms with Crippen LogP contribution in [0.25, 0.3) is 10.2 Å². The monoisotopic (exact) mass is 390 g/mol. The lowest BCUT2D eigenvalue weighted by molar-refractivity contribution is 0.0946. The van der Waals surface area contributed by atoms with Crippen molar-refractivity contribution in [2.45, 2.75) is 13.0 Å². The van der Waals surface area contributed by atoms with Crippen molar-refractivity contribution in [2.75, 3.05) is 13.7 Å². The molecule has 0 saturated heterocycles. The molecule has 0 bridgehead atoms. The summed E-state index contributed by atoms with van der Waals surface area (Å²) in [5.74, 6) is 0.783. The van der Waals surface area contributed by atoms with Gasteiger partial charge in [-0.3, -0.25) is 4.79 Å². The molecule has 0 atom stereocenters. The van der Waals surface area contributed by atoms with Gasteiger partial charge in [-0.15, -0.1) is 11.3 Å². The van der Waals surface area contributed by atoms with Crippen molar-refractivity contribution in [1.29, 1.82) is 0 Å². The third kappa shape index (κ3) is 3.80. The molecule has 1 amide bonds. The number of aromatic nitrogens is 1. The summed E-state index contributed by atoms with van der Waals surface area (Å²) in [6, 6.07) is 22.1. The van der Waals surface area contributed by atoms with Crippen LogP contribution in [0.2, 0.25) is 0 Å². The molecule has 0 aliphatic heterocycles. The van der Waals surface area contributed by atoms with Crippen LogP contribution in [0.3, 0.4) is 0 Å². The first-order valence-corrected chi connectivity index (χ1v) is 10.1. The van der Waals surface area contributed by atoms with Crippen molar-refractivity contribution >= 4 is 27.5 Å². The first kappa shape index (κ1) is 18.3. The second-order valence-corrected chi connectivity index (χ2v) is 7.49. The van der Waals surface area contributed by atoms with E-state index in [0.29, 0.717) is 18.8 Å². The molecule has 0 saturated carbocycles. The van der Waals surface area contributed by atoms with E-state index >= 15 is 0 Å². The third-order valence-corrected chi connectivity index (χ3v) is 5.75. The molecule has 1 N–H and O–H groups in total. The van der Waals surface area contributed by atoms with Crippen molar-refractivity contribution in [3.8, 4) is 5.75 Å². The van der Waals surface area contributed by atoms with Gasteiger partial charge in [-0.1, -0.05) is 48.5 Å². The van der Waals surface area contributed by atoms with Gasteiger partial charge in [-0.05, 0) is 35.6 Å². The summed E-state index contributed by atoms with van der Waals surface area (Å²) in [4.78, 5) is 14.0. The SMILES string of the molecule is COc1ccccc1Cn1c(C(=O)NCCc2ccccc2)cc2ccsc21. The zero-order chi connectivity index (χ0) is 19.3. The number of nitrogens with zero attached hydrogens (tertiary/aromatic N) is 1. The van der Waals surface area contributed by atoms with Crippen LogP contribution in [0.5, 0.6) is 5.75 Å². The van der Waals surface area contributed by atoms with Crippen LogP contribution >= 0.6 is 11.3 Å². The van der Waals surface area contributed by atoms with E-state index in [0.717, 1.165) is 28.0 Å². The quantitative estimate of drug-likeness (QED) is 0.496. The first-order chi connectivity index (χ1) is 13.8. The summed E-state index contributed by atoms with van der Waals surface area (Å²) in [5.41, 5.74) is 2.95. The lowest BCUT2D eigenvalue weighted by atomic mass is 10.1. The largest absolute Gasteiger partial charge is 0.496 e. The Hall–Kier alpha value is -3.05. The Balaban J connectivity index is 1.56. The topological polar surface area (TPSA) is 43.3 Å². The molecule has 0 spiro atoms. The van der Waals surface area contributed by atoms with Gasteiger partial charge in [0.15, 0.2) is 0 Å². The van der Waals surface area contributed by atoms with Gasteiger partial charge in [0.05, 0.1) is 13.7 Å². The van der Waals surface area contributed by atoms with E-state index in [1.165, 1.54) is 5.56 Å². The highest BCUT2D eigenvalue weighted by molar-refractivity contribution is 7.16. The molecule has 5 heteroatoms. The number of hydrogen-bond acceptors (Lipinski definition) is 3. The van der Waals surface area contributed by atoms with Crippen molar-refractivity contribution in [3.05, 3.63) is 88.9 Å². The number of fused-ring (bicyclic) bond motifs is 1. The average molecular weight is 391 g/mol. The van der Waals surface area contributed by atoms with Crippen LogP contribution in [0.1, 0.15) is 21.6 Å². The Bertz CT molecular complexity index is 1080. The van der Waals surface area contributed by atoms with Crippen LogP contribution < -0.4 is 10.1 Å². The number of benzene rings is 2. The molecule has 4 nitrogen and oxygen atoms in total. The van der Waals surface area contributed by atoms with E-state index in [1.807, 2.05) is 48.5 Å². The van der Waals surface area contributed by atoms with Crippen molar-refractivity contribution in [1.82, 2.24) is 9.88 Å². The summed E-state index contributed by atoms with van der Waals surface area (Å²) in [7, 11) is 1.67. The minimum absolute atomic E-state index is 0.0470. The van der Waals surface area contributed by atoms with E-state index in [9.17, 15) is 4.79 Å². The molecule has 0 aliphatic carbocycles. The lowest BCUT2D eigenvalue weighted by Gasteiger charge is -2.13. The number of hydrogen-bond donors (Lipinski definition) is 1. The standard InChI is InChI=1S/C23H22N2O2S/c1-27-21-10-6-5-9-19(21)16-25-20(15-18-12-14-28-23(18)25)22(26)24-13-11-17-7-3-2-4-8-17/h2-10,12,14-15H,11,13,16H2,1H3,(H,24,26). The van der Waals surface area contributed by atoms with Crippen LogP contribution in [-0.4, -0.2) is 24.1 Å². The number of amides is 1. The van der Waals surface area contributed by atoms with E-state index in [2.05, 4.69) is 33.5 Å². The fraction of sp³-hybridized carbons (Fsp3) is 0.174. The molecule has 0 radical (unpaired) electrons. The van der Waals surface area contributed by atoms with Crippen molar-refractivity contribution in [2.24, 2.45) is 0 Å². The van der Waals surface area contributed by atoms with E-state index in [-0.39, 0.29) is 5.91 Å². The molecule has 2 aromatic heterocycles. The lowest BCUT2D eigenvalue weighted by Crippen LogP contribution is -2.28. The normalized spacial score (nSPS) is 10.9. The van der Waals surface area contributed by atoms with Gasteiger partial charge >= 0.3 is 0 Å². The smallest absolute Gasteiger partial charge is 0.267 e. The third-order valence-electron chi connectivity index (χ3n) is 4.80. The van der Waals surface area contributed by atoms with Gasteiger partial charge in [0.2, 0.25) is 0 Å². The number of thiophene rings is 1. The number of rotatable bonds is 7. The molecule has 2 heterocycles. The molecule has 0 aliphatic rings. The summed E-state index contributed by atoms with van der Waals surface area (Å²) >= 11 is 1.65. The van der Waals surface area contributed by atoms with Gasteiger partial charge < -0.3 is 14.6 Å². The number of carbonyl (C=O) groups is 1. The minimum atomic E-state index is -0.0470. The van der Waals surface area contributed by atoms with Crippen LogP contribution in [0.15, 0.2) is 72.1 Å². The molecule has 0 unspecified atom stereocenters. The molecule has 4 aromatic rings. The second-order valence-electron chi connectivity index (χ2n) is 6.60. The number of carbonyl (C=O) groups excluding carboxylic acids is 1. The van der Waals surface area contributed by atoms with Gasteiger partial charge in [-0.25, -0.2) is 0 Å². The van der Waals surface area contributed by atoms with Crippen LogP contribution in [0, 0.1) is 0 Å². The molecular formula is C23H22N2O2S. The summed E-state index contributed by atoms with van der Waals surface area (Å²) in [6.07, 6.45) is 0.814. The van der Waals surface area contributed by atoms with Gasteiger partial charge in [0.1, 0.15) is 16.3 Å². The van der Waals surface area contributed by atoms with Gasteiger partial charge in [0.25, 0.3) is 5.91 Å². The predicted octanol–water partition coefficient (Wildman–Crippen LogP) is 4.73. The van der Waals surface area contributed by atoms with Crippen LogP contribution in [0.4, 0.5) is 0 Å². The molecular weight excluding hydrogens is 368 g/mol. The Kier molecular flexibility index (Phi) is 5.44. The molecule has 4 rings (SSSR count). The summed E-state index contributed by atoms with van der Waals surface area (Å²) in [5, 5.41) is 6.21. The Labute approximate surface area is 168 Å². The minimum Gasteiger partial charge on any atom is -0.496 e. The number of methoxy groups -OCH3 is 1. The molecule has 0 fully saturated rings. The zero-order valence-corrected chi connectivity index (χ0v) is 16.5. The van der Waals surface area contributed by atoms with Crippen molar-refractivity contribution in [3.63, 3.8) is 0 Å². The van der Waals surface area contributed by atoms with E-state index in [4.69, 9.17) is 4.74 Å². The van der Waals surface area contributed by atoms with E-state index < -0.39 is 0 Å². The number of para-hydroxylation sites is 1. The Morgan fingerprint density at radius 1 is 1.07 bits per heavy atom. The Morgan fingerprint density at radius 3 is 2.68 bits per heavy atom. The maximum atomic E-state index is 12.9. The fourth-order valence-electron chi connectivity index (χ4n) is 3.38. The zero-order valence-electron chi connectivity index (χ0n) is 15.7. The second kappa shape index (κ2) is 8.31. The molecule has 28 heavy (non-hydrogen) atoms. The highest BCUT2D eigenvalue weighted by atomic mass is 32.1. The van der Waals surface area contributed by atoms with Crippen molar-refractivity contribution < 1.29 is 9.53 Å².